The molecule has 0 unspecified atom stereocenters. The summed E-state index contributed by atoms with van der Waals surface area (Å²) in [6.45, 7) is 12.7. The zero-order valence-corrected chi connectivity index (χ0v) is 23.2. The minimum Gasteiger partial charge on any atom is -0.497 e. The number of halogens is 1. The molecule has 0 aliphatic rings. The predicted octanol–water partition coefficient (Wildman–Crippen LogP) is 4.98. The van der Waals surface area contributed by atoms with Crippen molar-refractivity contribution in [2.75, 3.05) is 13.7 Å². The Kier molecular flexibility index (Phi) is 13.0. The van der Waals surface area contributed by atoms with E-state index in [1.807, 2.05) is 6.07 Å². The second-order valence-corrected chi connectivity index (χ2v) is 9.42. The third-order valence-electron chi connectivity index (χ3n) is 4.62. The van der Waals surface area contributed by atoms with Gasteiger partial charge in [-0.3, -0.25) is 9.59 Å². The Hall–Kier alpha value is -4.55. The number of alkyl carbamates (subject to hydrolysis) is 1. The van der Waals surface area contributed by atoms with Crippen molar-refractivity contribution < 1.29 is 23.9 Å². The molecule has 0 fully saturated rings. The second-order valence-electron chi connectivity index (χ2n) is 8.98. The molecule has 1 rings (SSSR count). The molecule has 39 heavy (non-hydrogen) atoms. The molecule has 0 bridgehead atoms. The quantitative estimate of drug-likeness (QED) is 0.246. The second kappa shape index (κ2) is 15.6. The van der Waals surface area contributed by atoms with Crippen LogP contribution in [0, 0.1) is 11.3 Å². The average molecular weight is 553 g/mol. The number of nitrogens with zero attached hydrogens (tertiary/aromatic N) is 1. The number of amides is 3. The summed E-state index contributed by atoms with van der Waals surface area (Å²) in [7, 11) is 1.46. The molecule has 1 aromatic carbocycles. The number of ether oxygens (including phenoxy) is 2. The van der Waals surface area contributed by atoms with Crippen LogP contribution >= 0.6 is 11.6 Å². The van der Waals surface area contributed by atoms with Crippen molar-refractivity contribution >= 4 is 35.1 Å². The highest BCUT2D eigenvalue weighted by molar-refractivity contribution is 6.31. The summed E-state index contributed by atoms with van der Waals surface area (Å²) in [4.78, 5) is 36.0. The van der Waals surface area contributed by atoms with Gasteiger partial charge in [0.15, 0.2) is 0 Å². The SMILES string of the molecule is C=C/C=C(\C=C(/CNC(=O)OC(C)(C)C)NC(=O)C/C=C\C(Cl)=C/C(=C)c1ccc(C(N)=O)cc1C#N)OC. The Bertz CT molecular complexity index is 1280. The fraction of sp³-hybridized carbons (Fsp3) is 0.241. The number of nitrogens with two attached hydrogens (primary N) is 1. The van der Waals surface area contributed by atoms with E-state index in [1.54, 1.807) is 45.1 Å². The molecule has 0 radical (unpaired) electrons. The number of primary amides is 1. The van der Waals surface area contributed by atoms with Crippen molar-refractivity contribution in [1.29, 1.82) is 5.26 Å². The van der Waals surface area contributed by atoms with Gasteiger partial charge in [0.1, 0.15) is 11.4 Å². The van der Waals surface area contributed by atoms with Crippen LogP contribution in [0.2, 0.25) is 0 Å². The molecule has 10 heteroatoms. The molecule has 4 N–H and O–H groups in total. The largest absolute Gasteiger partial charge is 0.497 e. The molecule has 1 aromatic rings. The third kappa shape index (κ3) is 12.5. The maximum absolute atomic E-state index is 12.6. The molecule has 0 atom stereocenters. The van der Waals surface area contributed by atoms with Gasteiger partial charge in [-0.15, -0.1) is 0 Å². The first kappa shape index (κ1) is 32.5. The van der Waals surface area contributed by atoms with Gasteiger partial charge in [0, 0.05) is 28.8 Å². The minimum atomic E-state index is -0.677. The van der Waals surface area contributed by atoms with Crippen LogP contribution in [-0.2, 0) is 14.3 Å². The molecule has 206 valence electrons. The van der Waals surface area contributed by atoms with E-state index in [-0.39, 0.29) is 35.0 Å². The zero-order valence-electron chi connectivity index (χ0n) is 22.5. The Morgan fingerprint density at radius 1 is 1.23 bits per heavy atom. The highest BCUT2D eigenvalue weighted by atomic mass is 35.5. The van der Waals surface area contributed by atoms with E-state index in [1.165, 1.54) is 37.5 Å². The van der Waals surface area contributed by atoms with Crippen molar-refractivity contribution in [3.05, 3.63) is 101 Å². The van der Waals surface area contributed by atoms with Crippen molar-refractivity contribution in [3.8, 4) is 6.07 Å². The molecule has 0 spiro atoms. The lowest BCUT2D eigenvalue weighted by molar-refractivity contribution is -0.119. The summed E-state index contributed by atoms with van der Waals surface area (Å²) in [5.74, 6) is -0.617. The number of nitrogens with one attached hydrogen (secondary N) is 2. The normalized spacial score (nSPS) is 12.4. The van der Waals surface area contributed by atoms with Gasteiger partial charge in [0.25, 0.3) is 0 Å². The number of carbonyl (C=O) groups is 3. The summed E-state index contributed by atoms with van der Waals surface area (Å²) < 4.78 is 10.5. The predicted molar refractivity (Wildman–Crippen MR) is 152 cm³/mol. The number of benzene rings is 1. The van der Waals surface area contributed by atoms with Crippen LogP contribution in [0.25, 0.3) is 5.57 Å². The van der Waals surface area contributed by atoms with Crippen LogP contribution in [0.15, 0.2) is 84.3 Å². The van der Waals surface area contributed by atoms with Crippen LogP contribution in [-0.4, -0.2) is 37.2 Å². The van der Waals surface area contributed by atoms with Crippen molar-refractivity contribution in [1.82, 2.24) is 10.6 Å². The number of allylic oxidation sites excluding steroid dienone is 7. The Labute approximate surface area is 234 Å². The lowest BCUT2D eigenvalue weighted by Crippen LogP contribution is -2.36. The number of hydrogen-bond acceptors (Lipinski definition) is 6. The maximum atomic E-state index is 12.6. The average Bonchev–Trinajstić information content (AvgIpc) is 2.85. The standard InChI is InChI=1S/C29H33ClN4O5/c1-7-9-24(38-6)16-23(18-33-28(37)39-29(3,4)5)34-26(35)11-8-10-22(30)14-19(2)25-13-12-20(27(32)36)15-21(25)17-31/h7-10,12-16H,1-2,11,18H2,3-6H3,(H2,32,36)(H,33,37)(H,34,35)/b10-8-,22-14+,23-16+,24-9+. The number of nitriles is 1. The summed E-state index contributed by atoms with van der Waals surface area (Å²) >= 11 is 6.27. The highest BCUT2D eigenvalue weighted by Crippen LogP contribution is 2.22. The van der Waals surface area contributed by atoms with Gasteiger partial charge in [-0.25, -0.2) is 4.79 Å². The minimum absolute atomic E-state index is 0.0293. The first-order chi connectivity index (χ1) is 18.3. The molecule has 9 nitrogen and oxygen atoms in total. The fourth-order valence-electron chi connectivity index (χ4n) is 2.95. The van der Waals surface area contributed by atoms with E-state index in [0.717, 1.165) is 0 Å². The molecule has 0 aliphatic heterocycles. The monoisotopic (exact) mass is 552 g/mol. The number of carbonyl (C=O) groups excluding carboxylic acids is 3. The molecule has 0 aromatic heterocycles. The Balaban J connectivity index is 2.92. The van der Waals surface area contributed by atoms with E-state index in [0.29, 0.717) is 22.6 Å². The topological polar surface area (TPSA) is 144 Å². The molecule has 0 saturated carbocycles. The summed E-state index contributed by atoms with van der Waals surface area (Å²) in [6, 6.07) is 6.44. The van der Waals surface area contributed by atoms with Crippen LogP contribution in [0.4, 0.5) is 4.79 Å². The van der Waals surface area contributed by atoms with Crippen LogP contribution in [0.3, 0.4) is 0 Å². The summed E-state index contributed by atoms with van der Waals surface area (Å²) in [5.41, 5.74) is 6.29. The van der Waals surface area contributed by atoms with Gasteiger partial charge >= 0.3 is 6.09 Å². The van der Waals surface area contributed by atoms with Gasteiger partial charge < -0.3 is 25.8 Å². The van der Waals surface area contributed by atoms with Crippen molar-refractivity contribution in [2.45, 2.75) is 32.8 Å². The Morgan fingerprint density at radius 3 is 2.49 bits per heavy atom. The van der Waals surface area contributed by atoms with Crippen LogP contribution in [0.1, 0.15) is 48.7 Å². The Morgan fingerprint density at radius 2 is 1.92 bits per heavy atom. The van der Waals surface area contributed by atoms with E-state index in [2.05, 4.69) is 23.8 Å². The van der Waals surface area contributed by atoms with Gasteiger partial charge in [-0.2, -0.15) is 5.26 Å². The summed E-state index contributed by atoms with van der Waals surface area (Å²) in [6.07, 6.45) is 8.56. The first-order valence-corrected chi connectivity index (χ1v) is 12.1. The number of hydrogen-bond donors (Lipinski definition) is 3. The molecular formula is C29H33ClN4O5. The number of rotatable bonds is 12. The molecular weight excluding hydrogens is 520 g/mol. The van der Waals surface area contributed by atoms with Crippen molar-refractivity contribution in [2.24, 2.45) is 5.73 Å². The van der Waals surface area contributed by atoms with Crippen molar-refractivity contribution in [3.63, 3.8) is 0 Å². The molecule has 0 saturated heterocycles. The molecule has 0 heterocycles. The molecule has 3 amide bonds. The van der Waals surface area contributed by atoms with E-state index < -0.39 is 17.6 Å². The smallest absolute Gasteiger partial charge is 0.407 e. The summed E-state index contributed by atoms with van der Waals surface area (Å²) in [5, 5.41) is 15.0. The lowest BCUT2D eigenvalue weighted by Gasteiger charge is -2.20. The van der Waals surface area contributed by atoms with Crippen LogP contribution in [0.5, 0.6) is 0 Å². The van der Waals surface area contributed by atoms with E-state index >= 15 is 0 Å². The van der Waals surface area contributed by atoms with Gasteiger partial charge in [0.2, 0.25) is 11.8 Å². The maximum Gasteiger partial charge on any atom is 0.407 e. The fourth-order valence-corrected chi connectivity index (χ4v) is 3.17. The van der Waals surface area contributed by atoms with Gasteiger partial charge in [-0.1, -0.05) is 43.0 Å². The highest BCUT2D eigenvalue weighted by Gasteiger charge is 2.16. The first-order valence-electron chi connectivity index (χ1n) is 11.7. The zero-order chi connectivity index (χ0) is 29.6. The van der Waals surface area contributed by atoms with E-state index in [9.17, 15) is 19.6 Å². The van der Waals surface area contributed by atoms with E-state index in [4.69, 9.17) is 26.8 Å². The third-order valence-corrected chi connectivity index (χ3v) is 4.85. The van der Waals surface area contributed by atoms with Gasteiger partial charge in [0.05, 0.1) is 25.3 Å². The lowest BCUT2D eigenvalue weighted by atomic mass is 9.98. The number of methoxy groups -OCH3 is 1. The van der Waals surface area contributed by atoms with Crippen LogP contribution < -0.4 is 16.4 Å². The molecule has 0 aliphatic carbocycles. The van der Waals surface area contributed by atoms with Gasteiger partial charge in [-0.05, 0) is 62.3 Å².